The fraction of sp³-hybridized carbons (Fsp3) is 0.0769. The molecular weight excluding hydrogens is 227 g/mol. The molecule has 1 aliphatic rings. The fourth-order valence-electron chi connectivity index (χ4n) is 2.15. The monoisotopic (exact) mass is 234 g/mol. The first-order chi connectivity index (χ1) is 7.29. The molecule has 1 aliphatic carbocycles. The van der Waals surface area contributed by atoms with Gasteiger partial charge in [0.1, 0.15) is 0 Å². The maximum absolute atomic E-state index is 6.39. The van der Waals surface area contributed by atoms with Crippen LogP contribution in [0.1, 0.15) is 16.5 Å². The zero-order chi connectivity index (χ0) is 10.4. The average molecular weight is 235 g/mol. The van der Waals surface area contributed by atoms with Crippen molar-refractivity contribution in [1.82, 2.24) is 0 Å². The zero-order valence-corrected chi connectivity index (χ0v) is 9.39. The van der Waals surface area contributed by atoms with Crippen molar-refractivity contribution in [1.29, 1.82) is 0 Å². The van der Waals surface area contributed by atoms with E-state index in [1.165, 1.54) is 5.56 Å². The summed E-state index contributed by atoms with van der Waals surface area (Å²) >= 11 is 12.6. The first-order valence-electron chi connectivity index (χ1n) is 4.81. The summed E-state index contributed by atoms with van der Waals surface area (Å²) in [5, 5.41) is 0.647. The predicted molar refractivity (Wildman–Crippen MR) is 64.6 cm³/mol. The molecule has 3 rings (SSSR count). The summed E-state index contributed by atoms with van der Waals surface area (Å²) < 4.78 is 0. The molecule has 0 spiro atoms. The van der Waals surface area contributed by atoms with E-state index >= 15 is 0 Å². The van der Waals surface area contributed by atoms with Crippen LogP contribution in [0.5, 0.6) is 0 Å². The Kier molecular flexibility index (Phi) is 2.01. The van der Waals surface area contributed by atoms with Gasteiger partial charge in [-0.25, -0.2) is 0 Å². The third-order valence-corrected chi connectivity index (χ3v) is 3.61. The van der Waals surface area contributed by atoms with Gasteiger partial charge in [-0.1, -0.05) is 48.0 Å². The van der Waals surface area contributed by atoms with Gasteiger partial charge in [0.25, 0.3) is 0 Å². The zero-order valence-electron chi connectivity index (χ0n) is 7.87. The lowest BCUT2D eigenvalue weighted by Crippen LogP contribution is -1.86. The number of halogens is 2. The van der Waals surface area contributed by atoms with E-state index in [1.807, 2.05) is 24.3 Å². The summed E-state index contributed by atoms with van der Waals surface area (Å²) in [5.41, 5.74) is 4.57. The van der Waals surface area contributed by atoms with Crippen molar-refractivity contribution in [2.24, 2.45) is 0 Å². The molecule has 1 atom stereocenters. The molecule has 0 bridgehead atoms. The molecule has 15 heavy (non-hydrogen) atoms. The molecule has 0 radical (unpaired) electrons. The summed E-state index contributed by atoms with van der Waals surface area (Å²) in [6.07, 6.45) is 0. The minimum Gasteiger partial charge on any atom is -0.112 e. The number of fused-ring (bicyclic) bond motifs is 3. The topological polar surface area (TPSA) is 0 Å². The quantitative estimate of drug-likeness (QED) is 0.583. The molecule has 2 aromatic rings. The lowest BCUT2D eigenvalue weighted by molar-refractivity contribution is 1.20. The lowest BCUT2D eigenvalue weighted by Gasteiger charge is -2.05. The normalized spacial score (nSPS) is 17.3. The van der Waals surface area contributed by atoms with E-state index < -0.39 is 0 Å². The van der Waals surface area contributed by atoms with E-state index in [9.17, 15) is 0 Å². The summed E-state index contributed by atoms with van der Waals surface area (Å²) in [6.45, 7) is 0. The summed E-state index contributed by atoms with van der Waals surface area (Å²) in [6, 6.07) is 14.1. The Bertz CT molecular complexity index is 532. The van der Waals surface area contributed by atoms with E-state index in [-0.39, 0.29) is 5.38 Å². The van der Waals surface area contributed by atoms with Gasteiger partial charge in [-0.05, 0) is 22.8 Å². The second kappa shape index (κ2) is 3.26. The SMILES string of the molecule is Clc1cccc2c1C(Cl)c1ccccc1-2. The molecule has 0 saturated carbocycles. The molecule has 0 amide bonds. The van der Waals surface area contributed by atoms with Gasteiger partial charge in [0.15, 0.2) is 0 Å². The van der Waals surface area contributed by atoms with Crippen LogP contribution in [0, 0.1) is 0 Å². The van der Waals surface area contributed by atoms with Crippen LogP contribution < -0.4 is 0 Å². The molecule has 0 heterocycles. The molecular formula is C13H8Cl2. The van der Waals surface area contributed by atoms with Gasteiger partial charge in [0.05, 0.1) is 5.38 Å². The Morgan fingerprint density at radius 1 is 0.867 bits per heavy atom. The first-order valence-corrected chi connectivity index (χ1v) is 5.62. The Labute approximate surface area is 98.5 Å². The van der Waals surface area contributed by atoms with Crippen molar-refractivity contribution < 1.29 is 0 Å². The van der Waals surface area contributed by atoms with Crippen LogP contribution >= 0.6 is 23.2 Å². The van der Waals surface area contributed by atoms with E-state index in [2.05, 4.69) is 18.2 Å². The van der Waals surface area contributed by atoms with Crippen LogP contribution in [-0.4, -0.2) is 0 Å². The van der Waals surface area contributed by atoms with E-state index in [0.717, 1.165) is 21.7 Å². The number of hydrogen-bond donors (Lipinski definition) is 0. The van der Waals surface area contributed by atoms with Gasteiger partial charge >= 0.3 is 0 Å². The second-order valence-corrected chi connectivity index (χ2v) is 4.49. The van der Waals surface area contributed by atoms with Crippen molar-refractivity contribution >= 4 is 23.2 Å². The van der Waals surface area contributed by atoms with Crippen LogP contribution in [0.25, 0.3) is 11.1 Å². The number of rotatable bonds is 0. The van der Waals surface area contributed by atoms with Crippen molar-refractivity contribution in [3.05, 3.63) is 58.6 Å². The molecule has 74 valence electrons. The lowest BCUT2D eigenvalue weighted by atomic mass is 10.1. The molecule has 2 aromatic carbocycles. The van der Waals surface area contributed by atoms with Crippen LogP contribution in [0.4, 0.5) is 0 Å². The highest BCUT2D eigenvalue weighted by molar-refractivity contribution is 6.34. The molecule has 2 heteroatoms. The standard InChI is InChI=1S/C13H8Cl2/c14-11-7-3-6-9-8-4-1-2-5-10(8)13(15)12(9)11/h1-7,13H. The maximum atomic E-state index is 6.39. The minimum absolute atomic E-state index is 0.107. The van der Waals surface area contributed by atoms with Gasteiger partial charge in [0, 0.05) is 10.6 Å². The fourth-order valence-corrected chi connectivity index (χ4v) is 2.91. The molecule has 0 aliphatic heterocycles. The highest BCUT2D eigenvalue weighted by atomic mass is 35.5. The van der Waals surface area contributed by atoms with Crippen molar-refractivity contribution in [2.45, 2.75) is 5.38 Å². The highest BCUT2D eigenvalue weighted by Gasteiger charge is 2.28. The first kappa shape index (κ1) is 9.26. The Balaban J connectivity index is 2.37. The average Bonchev–Trinajstić information content (AvgIpc) is 2.55. The largest absolute Gasteiger partial charge is 0.112 e. The van der Waals surface area contributed by atoms with Crippen molar-refractivity contribution in [3.63, 3.8) is 0 Å². The third-order valence-electron chi connectivity index (χ3n) is 2.83. The van der Waals surface area contributed by atoms with Gasteiger partial charge in [0.2, 0.25) is 0 Å². The summed E-state index contributed by atoms with van der Waals surface area (Å²) in [5.74, 6) is 0. The number of hydrogen-bond acceptors (Lipinski definition) is 0. The molecule has 0 aromatic heterocycles. The molecule has 0 saturated heterocycles. The smallest absolute Gasteiger partial charge is 0.0861 e. The molecule has 0 nitrogen and oxygen atoms in total. The van der Waals surface area contributed by atoms with Crippen molar-refractivity contribution in [3.8, 4) is 11.1 Å². The Morgan fingerprint density at radius 2 is 1.60 bits per heavy atom. The van der Waals surface area contributed by atoms with Gasteiger partial charge < -0.3 is 0 Å². The van der Waals surface area contributed by atoms with Crippen LogP contribution in [0.2, 0.25) is 5.02 Å². The summed E-state index contributed by atoms with van der Waals surface area (Å²) in [4.78, 5) is 0. The minimum atomic E-state index is -0.107. The van der Waals surface area contributed by atoms with Gasteiger partial charge in [-0.2, -0.15) is 0 Å². The maximum Gasteiger partial charge on any atom is 0.0861 e. The van der Waals surface area contributed by atoms with Crippen molar-refractivity contribution in [2.75, 3.05) is 0 Å². The number of benzene rings is 2. The van der Waals surface area contributed by atoms with Crippen LogP contribution in [0.3, 0.4) is 0 Å². The van der Waals surface area contributed by atoms with Crippen LogP contribution in [-0.2, 0) is 0 Å². The van der Waals surface area contributed by atoms with E-state index in [4.69, 9.17) is 23.2 Å². The molecule has 0 N–H and O–H groups in total. The third kappa shape index (κ3) is 1.22. The second-order valence-electron chi connectivity index (χ2n) is 3.65. The number of alkyl halides is 1. The van der Waals surface area contributed by atoms with Gasteiger partial charge in [-0.3, -0.25) is 0 Å². The van der Waals surface area contributed by atoms with E-state index in [1.54, 1.807) is 0 Å². The van der Waals surface area contributed by atoms with Gasteiger partial charge in [-0.15, -0.1) is 11.6 Å². The Hall–Kier alpha value is -0.980. The molecule has 0 fully saturated rings. The van der Waals surface area contributed by atoms with Crippen LogP contribution in [0.15, 0.2) is 42.5 Å². The van der Waals surface area contributed by atoms with E-state index in [0.29, 0.717) is 0 Å². The highest BCUT2D eigenvalue weighted by Crippen LogP contribution is 2.49. The Morgan fingerprint density at radius 3 is 2.47 bits per heavy atom. The predicted octanol–water partition coefficient (Wildman–Crippen LogP) is 4.65. The molecule has 1 unspecified atom stereocenters. The summed E-state index contributed by atoms with van der Waals surface area (Å²) in [7, 11) is 0.